The molecule has 0 bridgehead atoms. The number of nitrogens with zero attached hydrogens (tertiary/aromatic N) is 1. The number of nitrogens with one attached hydrogen (secondary N) is 1. The second kappa shape index (κ2) is 4.40. The number of H-pyrrole nitrogens is 1. The van der Waals surface area contributed by atoms with Crippen molar-refractivity contribution in [2.75, 3.05) is 0 Å². The van der Waals surface area contributed by atoms with Gasteiger partial charge in [-0.3, -0.25) is 0 Å². The van der Waals surface area contributed by atoms with Crippen LogP contribution in [-0.4, -0.2) is 9.55 Å². The average molecular weight is 325 g/mol. The maximum atomic E-state index is 5.37. The molecule has 2 heterocycles. The van der Waals surface area contributed by atoms with Crippen LogP contribution in [0.25, 0.3) is 11.0 Å². The molecular weight excluding hydrogens is 316 g/mol. The minimum absolute atomic E-state index is 0.770. The quantitative estimate of drug-likeness (QED) is 0.685. The van der Waals surface area contributed by atoms with E-state index in [4.69, 9.17) is 12.2 Å². The first kappa shape index (κ1) is 11.2. The number of hydrogen-bond acceptors (Lipinski definition) is 2. The number of halogens is 1. The first-order valence-corrected chi connectivity index (χ1v) is 7.22. The molecule has 2 nitrogen and oxygen atoms in total. The molecule has 0 spiro atoms. The molecule has 0 saturated heterocycles. The van der Waals surface area contributed by atoms with Gasteiger partial charge in [0.2, 0.25) is 0 Å². The fraction of sp³-hybridized carbons (Fsp3) is 0.0833. The number of rotatable bonds is 2. The maximum absolute atomic E-state index is 5.37. The third kappa shape index (κ3) is 2.10. The van der Waals surface area contributed by atoms with Gasteiger partial charge >= 0.3 is 0 Å². The van der Waals surface area contributed by atoms with Gasteiger partial charge in [0.25, 0.3) is 0 Å². The van der Waals surface area contributed by atoms with Crippen LogP contribution >= 0.6 is 39.5 Å². The van der Waals surface area contributed by atoms with Crippen molar-refractivity contribution in [1.29, 1.82) is 0 Å². The largest absolute Gasteiger partial charge is 0.331 e. The van der Waals surface area contributed by atoms with Gasteiger partial charge in [0.05, 0.1) is 17.6 Å². The Labute approximate surface area is 116 Å². The Morgan fingerprint density at radius 2 is 2.24 bits per heavy atom. The van der Waals surface area contributed by atoms with Gasteiger partial charge in [0.1, 0.15) is 0 Å². The van der Waals surface area contributed by atoms with Gasteiger partial charge in [-0.1, -0.05) is 22.0 Å². The van der Waals surface area contributed by atoms with Crippen LogP contribution in [0.5, 0.6) is 0 Å². The first-order valence-electron chi connectivity index (χ1n) is 5.14. The Hall–Kier alpha value is -0.910. The lowest BCUT2D eigenvalue weighted by Crippen LogP contribution is -1.97. The standard InChI is InChI=1S/C12H9BrN2S2/c13-8-3-4-10-11(6-8)15(12(16)14-10)7-9-2-1-5-17-9/h1-6H,7H2,(H,14,16). The van der Waals surface area contributed by atoms with E-state index in [0.717, 1.165) is 26.8 Å². The Morgan fingerprint density at radius 3 is 3.00 bits per heavy atom. The van der Waals surface area contributed by atoms with Crippen molar-refractivity contribution in [3.63, 3.8) is 0 Å². The lowest BCUT2D eigenvalue weighted by Gasteiger charge is -2.02. The van der Waals surface area contributed by atoms with Crippen LogP contribution in [0, 0.1) is 4.77 Å². The lowest BCUT2D eigenvalue weighted by molar-refractivity contribution is 0.823. The number of hydrogen-bond donors (Lipinski definition) is 1. The zero-order valence-corrected chi connectivity index (χ0v) is 12.0. The van der Waals surface area contributed by atoms with Crippen molar-refractivity contribution in [3.05, 3.63) is 49.8 Å². The zero-order valence-electron chi connectivity index (χ0n) is 8.81. The van der Waals surface area contributed by atoms with E-state index in [0.29, 0.717) is 0 Å². The zero-order chi connectivity index (χ0) is 11.8. The highest BCUT2D eigenvalue weighted by Crippen LogP contribution is 2.21. The van der Waals surface area contributed by atoms with E-state index in [-0.39, 0.29) is 0 Å². The molecule has 5 heteroatoms. The van der Waals surface area contributed by atoms with Gasteiger partial charge in [0, 0.05) is 9.35 Å². The molecule has 0 unspecified atom stereocenters. The molecule has 17 heavy (non-hydrogen) atoms. The van der Waals surface area contributed by atoms with Crippen molar-refractivity contribution in [2.45, 2.75) is 6.54 Å². The Morgan fingerprint density at radius 1 is 1.35 bits per heavy atom. The van der Waals surface area contributed by atoms with Crippen LogP contribution in [0.4, 0.5) is 0 Å². The molecule has 0 aliphatic carbocycles. The summed E-state index contributed by atoms with van der Waals surface area (Å²) < 4.78 is 3.96. The smallest absolute Gasteiger partial charge is 0.178 e. The summed E-state index contributed by atoms with van der Waals surface area (Å²) in [6, 6.07) is 10.3. The number of thiophene rings is 1. The molecule has 0 aliphatic rings. The van der Waals surface area contributed by atoms with Crippen molar-refractivity contribution >= 4 is 50.5 Å². The van der Waals surface area contributed by atoms with Gasteiger partial charge in [-0.05, 0) is 41.9 Å². The molecule has 2 aromatic heterocycles. The molecule has 0 atom stereocenters. The van der Waals surface area contributed by atoms with Crippen molar-refractivity contribution in [2.24, 2.45) is 0 Å². The summed E-state index contributed by atoms with van der Waals surface area (Å²) in [4.78, 5) is 4.54. The number of aromatic nitrogens is 2. The molecular formula is C12H9BrN2S2. The van der Waals surface area contributed by atoms with Crippen LogP contribution in [0.1, 0.15) is 4.88 Å². The van der Waals surface area contributed by atoms with Crippen LogP contribution < -0.4 is 0 Å². The second-order valence-corrected chi connectivity index (χ2v) is 6.09. The highest BCUT2D eigenvalue weighted by molar-refractivity contribution is 9.10. The molecule has 0 fully saturated rings. The summed E-state index contributed by atoms with van der Waals surface area (Å²) in [6.07, 6.45) is 0. The topological polar surface area (TPSA) is 20.7 Å². The van der Waals surface area contributed by atoms with E-state index in [1.165, 1.54) is 4.88 Å². The summed E-state index contributed by atoms with van der Waals surface area (Å²) >= 11 is 10.6. The molecule has 1 aromatic carbocycles. The molecule has 0 aliphatic heterocycles. The molecule has 0 saturated carbocycles. The molecule has 0 amide bonds. The highest BCUT2D eigenvalue weighted by atomic mass is 79.9. The van der Waals surface area contributed by atoms with Gasteiger partial charge in [-0.2, -0.15) is 0 Å². The first-order chi connectivity index (χ1) is 8.24. The van der Waals surface area contributed by atoms with Gasteiger partial charge in [-0.15, -0.1) is 11.3 Å². The molecule has 3 aromatic rings. The van der Waals surface area contributed by atoms with Crippen LogP contribution in [0.15, 0.2) is 40.2 Å². The number of aromatic amines is 1. The maximum Gasteiger partial charge on any atom is 0.178 e. The normalized spacial score (nSPS) is 11.1. The number of imidazole rings is 1. The molecule has 1 N–H and O–H groups in total. The SMILES string of the molecule is S=c1[nH]c2ccc(Br)cc2n1Cc1cccs1. The third-order valence-corrected chi connectivity index (χ3v) is 4.31. The summed E-state index contributed by atoms with van der Waals surface area (Å²) in [5.41, 5.74) is 2.22. The highest BCUT2D eigenvalue weighted by Gasteiger charge is 2.05. The number of benzene rings is 1. The predicted octanol–water partition coefficient (Wildman–Crippen LogP) is 4.57. The minimum atomic E-state index is 0.770. The van der Waals surface area contributed by atoms with Crippen molar-refractivity contribution in [3.8, 4) is 0 Å². The van der Waals surface area contributed by atoms with E-state index in [2.05, 4.69) is 49.1 Å². The summed E-state index contributed by atoms with van der Waals surface area (Å²) in [6.45, 7) is 0.826. The van der Waals surface area contributed by atoms with E-state index < -0.39 is 0 Å². The number of fused-ring (bicyclic) bond motifs is 1. The monoisotopic (exact) mass is 324 g/mol. The lowest BCUT2D eigenvalue weighted by atomic mass is 10.3. The fourth-order valence-electron chi connectivity index (χ4n) is 1.84. The van der Waals surface area contributed by atoms with Crippen LogP contribution in [-0.2, 0) is 6.54 Å². The van der Waals surface area contributed by atoms with Crippen molar-refractivity contribution in [1.82, 2.24) is 9.55 Å². The Bertz CT molecular complexity index is 710. The summed E-state index contributed by atoms with van der Waals surface area (Å²) in [5, 5.41) is 2.09. The average Bonchev–Trinajstić information content (AvgIpc) is 2.90. The van der Waals surface area contributed by atoms with E-state index in [9.17, 15) is 0 Å². The third-order valence-electron chi connectivity index (χ3n) is 2.63. The van der Waals surface area contributed by atoms with Crippen LogP contribution in [0.3, 0.4) is 0 Å². The van der Waals surface area contributed by atoms with Gasteiger partial charge < -0.3 is 9.55 Å². The fourth-order valence-corrected chi connectivity index (χ4v) is 3.16. The molecule has 3 rings (SSSR count). The van der Waals surface area contributed by atoms with Crippen molar-refractivity contribution < 1.29 is 0 Å². The predicted molar refractivity (Wildman–Crippen MR) is 78.2 cm³/mol. The summed E-state index contributed by atoms with van der Waals surface area (Å²) in [7, 11) is 0. The van der Waals surface area contributed by atoms with E-state index in [1.807, 2.05) is 12.1 Å². The minimum Gasteiger partial charge on any atom is -0.331 e. The molecule has 86 valence electrons. The Balaban J connectivity index is 2.17. The second-order valence-electron chi connectivity index (χ2n) is 3.76. The van der Waals surface area contributed by atoms with Gasteiger partial charge in [-0.25, -0.2) is 0 Å². The van der Waals surface area contributed by atoms with Crippen LogP contribution in [0.2, 0.25) is 0 Å². The van der Waals surface area contributed by atoms with E-state index >= 15 is 0 Å². The Kier molecular flexibility index (Phi) is 2.90. The van der Waals surface area contributed by atoms with E-state index in [1.54, 1.807) is 11.3 Å². The molecule has 0 radical (unpaired) electrons. The summed E-state index contributed by atoms with van der Waals surface area (Å²) in [5.74, 6) is 0. The van der Waals surface area contributed by atoms with Gasteiger partial charge in [0.15, 0.2) is 4.77 Å².